The zero-order chi connectivity index (χ0) is 14.8. The maximum Gasteiger partial charge on any atom is 0.230 e. The predicted molar refractivity (Wildman–Crippen MR) is 83.1 cm³/mol. The molecule has 0 radical (unpaired) electrons. The Balaban J connectivity index is 2.09. The van der Waals surface area contributed by atoms with Gasteiger partial charge in [-0.05, 0) is 51.6 Å². The molecule has 20 heavy (non-hydrogen) atoms. The van der Waals surface area contributed by atoms with Crippen LogP contribution < -0.4 is 5.32 Å². The topological polar surface area (TPSA) is 32.3 Å². The van der Waals surface area contributed by atoms with Crippen LogP contribution in [0.1, 0.15) is 31.7 Å². The summed E-state index contributed by atoms with van der Waals surface area (Å²) < 4.78 is 0. The van der Waals surface area contributed by atoms with E-state index in [9.17, 15) is 4.79 Å². The third kappa shape index (κ3) is 2.99. The van der Waals surface area contributed by atoms with Gasteiger partial charge in [0.25, 0.3) is 0 Å². The first-order valence-corrected chi connectivity index (χ1v) is 7.54. The molecule has 1 aliphatic rings. The molecule has 0 aromatic heterocycles. The molecule has 0 bridgehead atoms. The summed E-state index contributed by atoms with van der Waals surface area (Å²) in [6.07, 6.45) is 2.92. The summed E-state index contributed by atoms with van der Waals surface area (Å²) in [6.45, 7) is 2.78. The summed E-state index contributed by atoms with van der Waals surface area (Å²) in [5, 5.41) is 3.80. The molecule has 1 unspecified atom stereocenters. The molecule has 1 fully saturated rings. The Morgan fingerprint density at radius 3 is 2.65 bits per heavy atom. The molecular weight excluding hydrogens is 272 g/mol. The molecule has 0 aliphatic heterocycles. The van der Waals surface area contributed by atoms with Crippen molar-refractivity contribution in [3.8, 4) is 0 Å². The number of rotatable bonds is 5. The number of nitrogens with zero attached hydrogens (tertiary/aromatic N) is 1. The normalized spacial score (nSPS) is 18.4. The molecule has 3 nitrogen and oxygen atoms in total. The van der Waals surface area contributed by atoms with E-state index in [1.54, 1.807) is 0 Å². The Labute approximate surface area is 126 Å². The smallest absolute Gasteiger partial charge is 0.230 e. The first-order chi connectivity index (χ1) is 9.45. The van der Waals surface area contributed by atoms with E-state index in [1.807, 2.05) is 38.4 Å². The lowest BCUT2D eigenvalue weighted by Gasteiger charge is -2.41. The molecule has 0 spiro atoms. The SMILES string of the molecule is CC(CNC(=O)C1(c2cccc(Cl)c2)CCC1)N(C)C. The van der Waals surface area contributed by atoms with Gasteiger partial charge in [-0.15, -0.1) is 0 Å². The van der Waals surface area contributed by atoms with E-state index in [-0.39, 0.29) is 11.3 Å². The third-order valence-corrected chi connectivity index (χ3v) is 4.69. The number of carbonyl (C=O) groups is 1. The van der Waals surface area contributed by atoms with Crippen LogP contribution in [0, 0.1) is 0 Å². The predicted octanol–water partition coefficient (Wildman–Crippen LogP) is 2.83. The average molecular weight is 295 g/mol. The van der Waals surface area contributed by atoms with E-state index < -0.39 is 0 Å². The molecule has 1 atom stereocenters. The molecule has 1 N–H and O–H groups in total. The van der Waals surface area contributed by atoms with Crippen LogP contribution in [0.4, 0.5) is 0 Å². The zero-order valence-corrected chi connectivity index (χ0v) is 13.2. The summed E-state index contributed by atoms with van der Waals surface area (Å²) in [7, 11) is 4.04. The number of benzene rings is 1. The van der Waals surface area contributed by atoms with Crippen LogP contribution >= 0.6 is 11.6 Å². The second-order valence-corrected chi connectivity index (χ2v) is 6.41. The second kappa shape index (κ2) is 6.15. The van der Waals surface area contributed by atoms with Crippen molar-refractivity contribution in [3.05, 3.63) is 34.9 Å². The lowest BCUT2D eigenvalue weighted by molar-refractivity contribution is -0.130. The molecule has 1 saturated carbocycles. The number of nitrogens with one attached hydrogen (secondary N) is 1. The zero-order valence-electron chi connectivity index (χ0n) is 12.4. The molecule has 110 valence electrons. The molecule has 2 rings (SSSR count). The lowest BCUT2D eigenvalue weighted by atomic mass is 9.64. The van der Waals surface area contributed by atoms with Crippen molar-refractivity contribution >= 4 is 17.5 Å². The van der Waals surface area contributed by atoms with E-state index in [0.29, 0.717) is 17.6 Å². The highest BCUT2D eigenvalue weighted by molar-refractivity contribution is 6.30. The van der Waals surface area contributed by atoms with Crippen LogP contribution in [-0.2, 0) is 10.2 Å². The minimum atomic E-state index is -0.364. The van der Waals surface area contributed by atoms with Crippen LogP contribution in [0.25, 0.3) is 0 Å². The van der Waals surface area contributed by atoms with Crippen molar-refractivity contribution in [2.45, 2.75) is 37.6 Å². The van der Waals surface area contributed by atoms with Gasteiger partial charge in [-0.25, -0.2) is 0 Å². The highest BCUT2D eigenvalue weighted by atomic mass is 35.5. The fourth-order valence-electron chi connectivity index (χ4n) is 2.56. The van der Waals surface area contributed by atoms with Crippen molar-refractivity contribution in [2.75, 3.05) is 20.6 Å². The van der Waals surface area contributed by atoms with E-state index in [2.05, 4.69) is 17.1 Å². The van der Waals surface area contributed by atoms with Crippen LogP contribution in [-0.4, -0.2) is 37.5 Å². The highest BCUT2D eigenvalue weighted by Gasteiger charge is 2.45. The van der Waals surface area contributed by atoms with Crippen molar-refractivity contribution < 1.29 is 4.79 Å². The van der Waals surface area contributed by atoms with Gasteiger partial charge in [0.2, 0.25) is 5.91 Å². The molecule has 4 heteroatoms. The summed E-state index contributed by atoms with van der Waals surface area (Å²) in [5.74, 6) is 0.139. The summed E-state index contributed by atoms with van der Waals surface area (Å²) in [5.41, 5.74) is 0.683. The fraction of sp³-hybridized carbons (Fsp3) is 0.562. The van der Waals surface area contributed by atoms with E-state index in [1.165, 1.54) is 0 Å². The summed E-state index contributed by atoms with van der Waals surface area (Å²) in [4.78, 5) is 14.7. The molecule has 0 saturated heterocycles. The molecule has 1 aromatic carbocycles. The molecular formula is C16H23ClN2O. The molecule has 1 aliphatic carbocycles. The van der Waals surface area contributed by atoms with Crippen molar-refractivity contribution in [1.82, 2.24) is 10.2 Å². The van der Waals surface area contributed by atoms with Gasteiger partial charge in [-0.3, -0.25) is 4.79 Å². The first-order valence-electron chi connectivity index (χ1n) is 7.16. The number of hydrogen-bond donors (Lipinski definition) is 1. The number of likely N-dealkylation sites (N-methyl/N-ethyl adjacent to an activating group) is 1. The largest absolute Gasteiger partial charge is 0.354 e. The minimum absolute atomic E-state index is 0.139. The summed E-state index contributed by atoms with van der Waals surface area (Å²) in [6, 6.07) is 8.04. The number of hydrogen-bond acceptors (Lipinski definition) is 2. The van der Waals surface area contributed by atoms with Gasteiger partial charge in [0.05, 0.1) is 5.41 Å². The second-order valence-electron chi connectivity index (χ2n) is 5.97. The number of halogens is 1. The Bertz CT molecular complexity index is 483. The molecule has 1 aromatic rings. The molecule has 1 amide bonds. The van der Waals surface area contributed by atoms with Crippen molar-refractivity contribution in [2.24, 2.45) is 0 Å². The maximum absolute atomic E-state index is 12.6. The van der Waals surface area contributed by atoms with E-state index in [4.69, 9.17) is 11.6 Å². The van der Waals surface area contributed by atoms with Crippen molar-refractivity contribution in [1.29, 1.82) is 0 Å². The van der Waals surface area contributed by atoms with Gasteiger partial charge in [-0.2, -0.15) is 0 Å². The quantitative estimate of drug-likeness (QED) is 0.906. The third-order valence-electron chi connectivity index (χ3n) is 4.46. The molecule has 0 heterocycles. The van der Waals surface area contributed by atoms with Crippen molar-refractivity contribution in [3.63, 3.8) is 0 Å². The van der Waals surface area contributed by atoms with Crippen LogP contribution in [0.5, 0.6) is 0 Å². The maximum atomic E-state index is 12.6. The van der Waals surface area contributed by atoms with Crippen LogP contribution in [0.15, 0.2) is 24.3 Å². The Kier molecular flexibility index (Phi) is 4.71. The van der Waals surface area contributed by atoms with Gasteiger partial charge >= 0.3 is 0 Å². The van der Waals surface area contributed by atoms with E-state index >= 15 is 0 Å². The van der Waals surface area contributed by atoms with Gasteiger partial charge in [0, 0.05) is 17.6 Å². The Morgan fingerprint density at radius 1 is 1.45 bits per heavy atom. The monoisotopic (exact) mass is 294 g/mol. The van der Waals surface area contributed by atoms with Gasteiger partial charge in [-0.1, -0.05) is 30.2 Å². The first kappa shape index (κ1) is 15.3. The minimum Gasteiger partial charge on any atom is -0.354 e. The van der Waals surface area contributed by atoms with Crippen LogP contribution in [0.2, 0.25) is 5.02 Å². The standard InChI is InChI=1S/C16H23ClN2O/c1-12(19(2)3)11-18-15(20)16(8-5-9-16)13-6-4-7-14(17)10-13/h4,6-7,10,12H,5,8-9,11H2,1-3H3,(H,18,20). The average Bonchev–Trinajstić information content (AvgIpc) is 2.34. The highest BCUT2D eigenvalue weighted by Crippen LogP contribution is 2.44. The lowest BCUT2D eigenvalue weighted by Crippen LogP contribution is -2.51. The number of amides is 1. The Hall–Kier alpha value is -1.06. The number of carbonyl (C=O) groups excluding carboxylic acids is 1. The summed E-state index contributed by atoms with van der Waals surface area (Å²) >= 11 is 6.07. The Morgan fingerprint density at radius 2 is 2.15 bits per heavy atom. The van der Waals surface area contributed by atoms with Gasteiger partial charge in [0.1, 0.15) is 0 Å². The van der Waals surface area contributed by atoms with Gasteiger partial charge < -0.3 is 10.2 Å². The van der Waals surface area contributed by atoms with Gasteiger partial charge in [0.15, 0.2) is 0 Å². The van der Waals surface area contributed by atoms with Crippen LogP contribution in [0.3, 0.4) is 0 Å². The van der Waals surface area contributed by atoms with E-state index in [0.717, 1.165) is 24.8 Å². The fourth-order valence-corrected chi connectivity index (χ4v) is 2.75.